The zero-order valence-electron chi connectivity index (χ0n) is 24.0. The van der Waals surface area contributed by atoms with Crippen molar-refractivity contribution in [3.63, 3.8) is 0 Å². The highest BCUT2D eigenvalue weighted by Gasteiger charge is 2.35. The normalized spacial score (nSPS) is 14.5. The van der Waals surface area contributed by atoms with E-state index in [-0.39, 0.29) is 6.04 Å². The molecule has 9 nitrogen and oxygen atoms in total. The Kier molecular flexibility index (Phi) is 7.90. The summed E-state index contributed by atoms with van der Waals surface area (Å²) in [5.41, 5.74) is 4.33. The number of rotatable bonds is 10. The second-order valence-corrected chi connectivity index (χ2v) is 11.5. The molecule has 11 heteroatoms. The Labute approximate surface area is 261 Å². The average Bonchev–Trinajstić information content (AvgIpc) is 3.78. The van der Waals surface area contributed by atoms with E-state index in [9.17, 15) is 15.8 Å². The molecule has 2 N–H and O–H groups in total. The van der Waals surface area contributed by atoms with Gasteiger partial charge >= 0.3 is 0 Å². The first-order chi connectivity index (χ1) is 21.4. The Hall–Kier alpha value is -5.37. The van der Waals surface area contributed by atoms with E-state index < -0.39 is 5.44 Å². The van der Waals surface area contributed by atoms with Crippen LogP contribution in [0.2, 0.25) is 5.02 Å². The van der Waals surface area contributed by atoms with E-state index >= 15 is 0 Å². The van der Waals surface area contributed by atoms with E-state index in [1.807, 2.05) is 73.3 Å². The van der Waals surface area contributed by atoms with Crippen LogP contribution in [0, 0.1) is 34.0 Å². The molecule has 0 aliphatic heterocycles. The summed E-state index contributed by atoms with van der Waals surface area (Å²) in [6, 6.07) is 27.8. The summed E-state index contributed by atoms with van der Waals surface area (Å²) in [5, 5.41) is 46.3. The van der Waals surface area contributed by atoms with Crippen LogP contribution in [0.3, 0.4) is 0 Å². The van der Waals surface area contributed by atoms with Crippen molar-refractivity contribution in [1.29, 1.82) is 15.8 Å². The predicted octanol–water partition coefficient (Wildman–Crippen LogP) is 5.96. The molecule has 3 aromatic carbocycles. The van der Waals surface area contributed by atoms with Gasteiger partial charge in [0.05, 0.1) is 63.2 Å². The van der Waals surface area contributed by atoms with Gasteiger partial charge < -0.3 is 10.6 Å². The lowest BCUT2D eigenvalue weighted by Gasteiger charge is -2.31. The monoisotopic (exact) mass is 595 g/mol. The number of pyridine rings is 1. The van der Waals surface area contributed by atoms with Crippen molar-refractivity contribution in [3.05, 3.63) is 112 Å². The SMILES string of the molecule is BC(Nc1cc(Cl)c2ncc(C#N)c(N[C@H](CCC#N)c3ccccc3)c2c1)(c1cccc(C#N)c1)c1cn(C2CC2)nn1. The Morgan fingerprint density at radius 2 is 1.86 bits per heavy atom. The fourth-order valence-corrected chi connectivity index (χ4v) is 5.73. The smallest absolute Gasteiger partial charge is 0.148 e. The van der Waals surface area contributed by atoms with Gasteiger partial charge in [0.2, 0.25) is 0 Å². The number of nitrogens with zero attached hydrogens (tertiary/aromatic N) is 7. The summed E-state index contributed by atoms with van der Waals surface area (Å²) in [6.07, 6.45) is 6.49. The zero-order valence-corrected chi connectivity index (χ0v) is 24.8. The predicted molar refractivity (Wildman–Crippen MR) is 172 cm³/mol. The molecule has 2 heterocycles. The Morgan fingerprint density at radius 1 is 1.05 bits per heavy atom. The minimum Gasteiger partial charge on any atom is -0.378 e. The summed E-state index contributed by atoms with van der Waals surface area (Å²) >= 11 is 6.86. The molecular weight excluding hydrogens is 569 g/mol. The Balaban J connectivity index is 1.47. The highest BCUT2D eigenvalue weighted by atomic mass is 35.5. The van der Waals surface area contributed by atoms with Crippen molar-refractivity contribution in [2.45, 2.75) is 43.2 Å². The molecule has 0 radical (unpaired) electrons. The Morgan fingerprint density at radius 3 is 2.59 bits per heavy atom. The van der Waals surface area contributed by atoms with Gasteiger partial charge in [0.25, 0.3) is 0 Å². The second kappa shape index (κ2) is 12.1. The molecule has 2 aromatic heterocycles. The zero-order chi connectivity index (χ0) is 30.7. The lowest BCUT2D eigenvalue weighted by molar-refractivity contribution is 0.610. The molecule has 0 saturated heterocycles. The second-order valence-electron chi connectivity index (χ2n) is 11.1. The molecule has 5 aromatic rings. The number of hydrogen-bond acceptors (Lipinski definition) is 8. The Bertz CT molecular complexity index is 1970. The van der Waals surface area contributed by atoms with Crippen LogP contribution in [0.1, 0.15) is 65.7 Å². The standard InChI is InChI=1S/C33H27BClN9/c34-33(24-9-4-6-21(14-24)17-37,30-20-44(43-42-30)26-11-12-26)41-25-15-27-31(23(18-38)19-39-32(27)28(35)16-25)40-29(10-5-13-36)22-7-2-1-3-8-22/h1-4,6-9,14-16,19-20,26,29,41H,5,10-12,34H2,(H,39,40)/t29-,33?/m1/s1. The average molecular weight is 596 g/mol. The van der Waals surface area contributed by atoms with Crippen molar-refractivity contribution in [2.24, 2.45) is 0 Å². The molecule has 0 spiro atoms. The highest BCUT2D eigenvalue weighted by Crippen LogP contribution is 2.39. The minimum absolute atomic E-state index is 0.222. The van der Waals surface area contributed by atoms with Gasteiger partial charge in [-0.2, -0.15) is 15.8 Å². The number of benzene rings is 3. The highest BCUT2D eigenvalue weighted by molar-refractivity contribution is 6.36. The number of fused-ring (bicyclic) bond motifs is 1. The van der Waals surface area contributed by atoms with E-state index in [4.69, 9.17) is 11.6 Å². The molecule has 214 valence electrons. The third-order valence-electron chi connectivity index (χ3n) is 8.02. The van der Waals surface area contributed by atoms with Gasteiger partial charge in [-0.3, -0.25) is 4.98 Å². The molecule has 0 bridgehead atoms. The third kappa shape index (κ3) is 5.66. The van der Waals surface area contributed by atoms with Crippen LogP contribution in [0.4, 0.5) is 11.4 Å². The largest absolute Gasteiger partial charge is 0.378 e. The number of nitrogens with one attached hydrogen (secondary N) is 2. The van der Waals surface area contributed by atoms with Crippen LogP contribution in [0.25, 0.3) is 10.9 Å². The van der Waals surface area contributed by atoms with Crippen LogP contribution >= 0.6 is 11.6 Å². The van der Waals surface area contributed by atoms with Gasteiger partial charge in [0.1, 0.15) is 19.6 Å². The van der Waals surface area contributed by atoms with E-state index in [0.29, 0.717) is 63.0 Å². The van der Waals surface area contributed by atoms with E-state index in [1.165, 1.54) is 6.20 Å². The summed E-state index contributed by atoms with van der Waals surface area (Å²) in [4.78, 5) is 4.52. The number of nitriles is 3. The van der Waals surface area contributed by atoms with Crippen LogP contribution in [-0.4, -0.2) is 27.8 Å². The summed E-state index contributed by atoms with van der Waals surface area (Å²) in [5.74, 6) is 0. The van der Waals surface area contributed by atoms with Crippen molar-refractivity contribution in [2.75, 3.05) is 10.6 Å². The first-order valence-corrected chi connectivity index (χ1v) is 14.7. The van der Waals surface area contributed by atoms with Gasteiger partial charge in [0, 0.05) is 23.7 Å². The maximum Gasteiger partial charge on any atom is 0.148 e. The van der Waals surface area contributed by atoms with Crippen LogP contribution in [0.5, 0.6) is 0 Å². The van der Waals surface area contributed by atoms with Crippen LogP contribution < -0.4 is 10.6 Å². The molecule has 1 aliphatic carbocycles. The lowest BCUT2D eigenvalue weighted by Crippen LogP contribution is -2.38. The topological polar surface area (TPSA) is 139 Å². The minimum atomic E-state index is -0.885. The summed E-state index contributed by atoms with van der Waals surface area (Å²) < 4.78 is 1.90. The molecule has 1 aliphatic rings. The molecule has 1 unspecified atom stereocenters. The lowest BCUT2D eigenvalue weighted by atomic mass is 9.69. The fraction of sp³-hybridized carbons (Fsp3) is 0.212. The fourth-order valence-electron chi connectivity index (χ4n) is 5.46. The van der Waals surface area contributed by atoms with Crippen molar-refractivity contribution < 1.29 is 0 Å². The van der Waals surface area contributed by atoms with Gasteiger partial charge in [-0.15, -0.1) is 5.10 Å². The van der Waals surface area contributed by atoms with E-state index in [1.54, 1.807) is 12.1 Å². The summed E-state index contributed by atoms with van der Waals surface area (Å²) in [6.45, 7) is 0. The van der Waals surface area contributed by atoms with Crippen molar-refractivity contribution in [1.82, 2.24) is 20.0 Å². The molecule has 6 rings (SSSR count). The quantitative estimate of drug-likeness (QED) is 0.189. The van der Waals surface area contributed by atoms with Gasteiger partial charge in [-0.25, -0.2) is 4.68 Å². The number of halogens is 1. The maximum atomic E-state index is 10.1. The van der Waals surface area contributed by atoms with E-state index in [0.717, 1.165) is 24.0 Å². The van der Waals surface area contributed by atoms with Crippen molar-refractivity contribution >= 4 is 41.7 Å². The van der Waals surface area contributed by atoms with E-state index in [2.05, 4.69) is 44.1 Å². The molecule has 2 atom stereocenters. The number of anilines is 2. The number of hydrogen-bond donors (Lipinski definition) is 2. The molecule has 1 fully saturated rings. The van der Waals surface area contributed by atoms with Crippen LogP contribution in [0.15, 0.2) is 79.1 Å². The van der Waals surface area contributed by atoms with Gasteiger partial charge in [0.15, 0.2) is 0 Å². The third-order valence-corrected chi connectivity index (χ3v) is 8.31. The maximum absolute atomic E-state index is 10.1. The molecule has 44 heavy (non-hydrogen) atoms. The van der Waals surface area contributed by atoms with Gasteiger partial charge in [-0.1, -0.05) is 59.3 Å². The first kappa shape index (κ1) is 28.7. The number of aromatic nitrogens is 4. The molecular formula is C33H27BClN9. The van der Waals surface area contributed by atoms with Crippen LogP contribution in [-0.2, 0) is 5.44 Å². The molecule has 0 amide bonds. The van der Waals surface area contributed by atoms with Crippen molar-refractivity contribution in [3.8, 4) is 18.2 Å². The molecule has 1 saturated carbocycles. The summed E-state index contributed by atoms with van der Waals surface area (Å²) in [7, 11) is 2.00. The van der Waals surface area contributed by atoms with Gasteiger partial charge in [-0.05, 0) is 54.7 Å². The first-order valence-electron chi connectivity index (χ1n) is 14.4.